The molecule has 3 nitrogen and oxygen atoms in total. The SMILES string of the molecule is O=C1C(=C(NCCO)c2ccccc2)Sc2ccccc21. The van der Waals surface area contributed by atoms with Gasteiger partial charge in [-0.2, -0.15) is 0 Å². The van der Waals surface area contributed by atoms with Crippen LogP contribution in [0.2, 0.25) is 0 Å². The molecule has 1 aliphatic heterocycles. The van der Waals surface area contributed by atoms with E-state index >= 15 is 0 Å². The summed E-state index contributed by atoms with van der Waals surface area (Å²) in [6.45, 7) is 0.438. The van der Waals surface area contributed by atoms with E-state index in [0.717, 1.165) is 21.7 Å². The van der Waals surface area contributed by atoms with E-state index in [-0.39, 0.29) is 12.4 Å². The van der Waals surface area contributed by atoms with Gasteiger partial charge in [0.05, 0.1) is 17.2 Å². The monoisotopic (exact) mass is 297 g/mol. The molecule has 4 heteroatoms. The molecule has 0 radical (unpaired) electrons. The third-order valence-electron chi connectivity index (χ3n) is 3.25. The van der Waals surface area contributed by atoms with Gasteiger partial charge in [-0.25, -0.2) is 0 Å². The summed E-state index contributed by atoms with van der Waals surface area (Å²) in [5.74, 6) is 0.0416. The second-order valence-electron chi connectivity index (χ2n) is 4.65. The zero-order chi connectivity index (χ0) is 14.7. The first-order valence-electron chi connectivity index (χ1n) is 6.77. The van der Waals surface area contributed by atoms with Gasteiger partial charge in [0.2, 0.25) is 5.78 Å². The second kappa shape index (κ2) is 6.16. The maximum Gasteiger partial charge on any atom is 0.202 e. The van der Waals surface area contributed by atoms with E-state index in [0.29, 0.717) is 11.4 Å². The second-order valence-corrected chi connectivity index (χ2v) is 5.70. The molecular weight excluding hydrogens is 282 g/mol. The fourth-order valence-electron chi connectivity index (χ4n) is 2.29. The van der Waals surface area contributed by atoms with Gasteiger partial charge in [-0.15, -0.1) is 0 Å². The number of allylic oxidation sites excluding steroid dienone is 1. The Morgan fingerprint density at radius 2 is 1.76 bits per heavy atom. The van der Waals surface area contributed by atoms with Crippen LogP contribution in [0, 0.1) is 0 Å². The molecule has 2 N–H and O–H groups in total. The van der Waals surface area contributed by atoms with E-state index in [1.807, 2.05) is 54.6 Å². The summed E-state index contributed by atoms with van der Waals surface area (Å²) in [4.78, 5) is 14.3. The first-order chi connectivity index (χ1) is 10.3. The van der Waals surface area contributed by atoms with Crippen molar-refractivity contribution in [2.24, 2.45) is 0 Å². The normalized spacial score (nSPS) is 15.8. The number of thioether (sulfide) groups is 1. The number of ketones is 1. The fourth-order valence-corrected chi connectivity index (χ4v) is 3.42. The van der Waals surface area contributed by atoms with Crippen LogP contribution in [-0.4, -0.2) is 24.0 Å². The Bertz CT molecular complexity index is 695. The Labute approximate surface area is 127 Å². The van der Waals surface area contributed by atoms with Gasteiger partial charge in [0, 0.05) is 17.0 Å². The number of benzene rings is 2. The summed E-state index contributed by atoms with van der Waals surface area (Å²) in [7, 11) is 0. The Morgan fingerprint density at radius 1 is 1.05 bits per heavy atom. The smallest absolute Gasteiger partial charge is 0.202 e. The molecule has 2 aromatic rings. The highest BCUT2D eigenvalue weighted by atomic mass is 32.2. The minimum atomic E-state index is 0.0232. The van der Waals surface area contributed by atoms with Gasteiger partial charge in [0.1, 0.15) is 0 Å². The number of carbonyl (C=O) groups excluding carboxylic acids is 1. The summed E-state index contributed by atoms with van der Waals surface area (Å²) in [6, 6.07) is 17.4. The standard InChI is InChI=1S/C17H15NO2S/c19-11-10-18-15(12-6-2-1-3-7-12)17-16(20)13-8-4-5-9-14(13)21-17/h1-9,18-19H,10-11H2. The molecule has 0 unspecified atom stereocenters. The Balaban J connectivity index is 2.06. The van der Waals surface area contributed by atoms with E-state index in [1.165, 1.54) is 11.8 Å². The van der Waals surface area contributed by atoms with Crippen molar-refractivity contribution in [2.75, 3.05) is 13.2 Å². The molecule has 21 heavy (non-hydrogen) atoms. The summed E-state index contributed by atoms with van der Waals surface area (Å²) in [5, 5.41) is 12.2. The highest BCUT2D eigenvalue weighted by molar-refractivity contribution is 8.05. The van der Waals surface area contributed by atoms with Crippen LogP contribution < -0.4 is 5.32 Å². The lowest BCUT2D eigenvalue weighted by Gasteiger charge is -2.12. The average molecular weight is 297 g/mol. The van der Waals surface area contributed by atoms with E-state index < -0.39 is 0 Å². The zero-order valence-corrected chi connectivity index (χ0v) is 12.2. The van der Waals surface area contributed by atoms with Crippen LogP contribution in [0.3, 0.4) is 0 Å². The highest BCUT2D eigenvalue weighted by Gasteiger charge is 2.28. The lowest BCUT2D eigenvalue weighted by atomic mass is 10.1. The first kappa shape index (κ1) is 13.9. The molecule has 1 heterocycles. The van der Waals surface area contributed by atoms with Crippen molar-refractivity contribution in [1.29, 1.82) is 0 Å². The van der Waals surface area contributed by atoms with Crippen molar-refractivity contribution in [3.05, 3.63) is 70.6 Å². The van der Waals surface area contributed by atoms with E-state index in [1.54, 1.807) is 0 Å². The molecule has 0 aromatic heterocycles. The number of rotatable bonds is 4. The summed E-state index contributed by atoms with van der Waals surface area (Å²) >= 11 is 1.48. The van der Waals surface area contributed by atoms with Crippen LogP contribution in [-0.2, 0) is 0 Å². The maximum absolute atomic E-state index is 12.6. The Morgan fingerprint density at radius 3 is 2.48 bits per heavy atom. The van der Waals surface area contributed by atoms with Crippen molar-refractivity contribution in [1.82, 2.24) is 5.32 Å². The predicted octanol–water partition coefficient (Wildman–Crippen LogP) is 2.93. The maximum atomic E-state index is 12.6. The number of carbonyl (C=O) groups is 1. The molecule has 0 spiro atoms. The zero-order valence-electron chi connectivity index (χ0n) is 11.4. The van der Waals surface area contributed by atoms with Crippen LogP contribution in [0.15, 0.2) is 64.4 Å². The van der Waals surface area contributed by atoms with Crippen LogP contribution in [0.1, 0.15) is 15.9 Å². The number of Topliss-reactive ketones (excluding diaryl/α,β-unsaturated/α-hetero) is 1. The molecular formula is C17H15NO2S. The number of nitrogens with one attached hydrogen (secondary N) is 1. The Kier molecular flexibility index (Phi) is 4.08. The van der Waals surface area contributed by atoms with Crippen LogP contribution in [0.4, 0.5) is 0 Å². The molecule has 106 valence electrons. The van der Waals surface area contributed by atoms with Crippen molar-refractivity contribution < 1.29 is 9.90 Å². The van der Waals surface area contributed by atoms with E-state index in [9.17, 15) is 4.79 Å². The molecule has 0 fully saturated rings. The molecule has 0 saturated carbocycles. The average Bonchev–Trinajstić information content (AvgIpc) is 2.86. The van der Waals surface area contributed by atoms with Crippen LogP contribution >= 0.6 is 11.8 Å². The summed E-state index contributed by atoms with van der Waals surface area (Å²) < 4.78 is 0. The topological polar surface area (TPSA) is 49.3 Å². The molecule has 1 aliphatic rings. The van der Waals surface area contributed by atoms with Gasteiger partial charge in [0.15, 0.2) is 0 Å². The van der Waals surface area contributed by atoms with Crippen LogP contribution in [0.25, 0.3) is 5.70 Å². The third kappa shape index (κ3) is 2.73. The molecule has 0 aliphatic carbocycles. The van der Waals surface area contributed by atoms with Crippen molar-refractivity contribution in [2.45, 2.75) is 4.90 Å². The third-order valence-corrected chi connectivity index (χ3v) is 4.42. The highest BCUT2D eigenvalue weighted by Crippen LogP contribution is 2.42. The van der Waals surface area contributed by atoms with Crippen molar-refractivity contribution in [3.8, 4) is 0 Å². The largest absolute Gasteiger partial charge is 0.395 e. The molecule has 0 saturated heterocycles. The lowest BCUT2D eigenvalue weighted by molar-refractivity contribution is 0.104. The van der Waals surface area contributed by atoms with Gasteiger partial charge in [-0.05, 0) is 17.7 Å². The molecule has 0 bridgehead atoms. The predicted molar refractivity (Wildman–Crippen MR) is 85.1 cm³/mol. The first-order valence-corrected chi connectivity index (χ1v) is 7.59. The lowest BCUT2D eigenvalue weighted by Crippen LogP contribution is -2.19. The van der Waals surface area contributed by atoms with Crippen molar-refractivity contribution in [3.63, 3.8) is 0 Å². The quantitative estimate of drug-likeness (QED) is 0.852. The van der Waals surface area contributed by atoms with E-state index in [2.05, 4.69) is 5.32 Å². The summed E-state index contributed by atoms with van der Waals surface area (Å²) in [6.07, 6.45) is 0. The molecule has 2 aromatic carbocycles. The van der Waals surface area contributed by atoms with Gasteiger partial charge in [-0.1, -0.05) is 54.2 Å². The van der Waals surface area contributed by atoms with Gasteiger partial charge >= 0.3 is 0 Å². The molecule has 0 atom stereocenters. The van der Waals surface area contributed by atoms with Gasteiger partial charge < -0.3 is 10.4 Å². The fraction of sp³-hybridized carbons (Fsp3) is 0.118. The van der Waals surface area contributed by atoms with Crippen molar-refractivity contribution >= 4 is 23.2 Å². The number of fused-ring (bicyclic) bond motifs is 1. The van der Waals surface area contributed by atoms with Gasteiger partial charge in [0.25, 0.3) is 0 Å². The van der Waals surface area contributed by atoms with E-state index in [4.69, 9.17) is 5.11 Å². The molecule has 3 rings (SSSR count). The number of hydrogen-bond acceptors (Lipinski definition) is 4. The number of aliphatic hydroxyl groups excluding tert-OH is 1. The number of aliphatic hydroxyl groups is 1. The van der Waals surface area contributed by atoms with Crippen LogP contribution in [0.5, 0.6) is 0 Å². The molecule has 0 amide bonds. The summed E-state index contributed by atoms with van der Waals surface area (Å²) in [5.41, 5.74) is 2.49. The number of hydrogen-bond donors (Lipinski definition) is 2. The Hall–Kier alpha value is -2.04. The minimum Gasteiger partial charge on any atom is -0.395 e. The van der Waals surface area contributed by atoms with Gasteiger partial charge in [-0.3, -0.25) is 4.79 Å². The minimum absolute atomic E-state index is 0.0232.